The topological polar surface area (TPSA) is 49.3 Å². The molecule has 1 aromatic rings. The summed E-state index contributed by atoms with van der Waals surface area (Å²) in [5.41, 5.74) is 0.726. The van der Waals surface area contributed by atoms with Gasteiger partial charge in [0.15, 0.2) is 0 Å². The molecular formula is C12H14Br3NO2S. The Labute approximate surface area is 142 Å². The number of rotatable bonds is 6. The number of aliphatic hydroxyl groups is 1. The lowest BCUT2D eigenvalue weighted by molar-refractivity contribution is -0.113. The fourth-order valence-electron chi connectivity index (χ4n) is 1.24. The zero-order valence-corrected chi connectivity index (χ0v) is 15.8. The Morgan fingerprint density at radius 2 is 1.95 bits per heavy atom. The summed E-state index contributed by atoms with van der Waals surface area (Å²) in [5.74, 6) is 1.30. The number of halogens is 3. The number of nitrogens with one attached hydrogen (secondary N) is 1. The molecule has 0 saturated heterocycles. The molecule has 7 heteroatoms. The number of aliphatic hydroxyl groups excluding tert-OH is 1. The summed E-state index contributed by atoms with van der Waals surface area (Å²) >= 11 is 11.7. The van der Waals surface area contributed by atoms with Crippen LogP contribution in [0.5, 0.6) is 0 Å². The molecule has 106 valence electrons. The van der Waals surface area contributed by atoms with E-state index in [4.69, 9.17) is 5.11 Å². The smallest absolute Gasteiger partial charge is 0.234 e. The number of hydrogen-bond acceptors (Lipinski definition) is 3. The van der Waals surface area contributed by atoms with Crippen molar-refractivity contribution in [2.75, 3.05) is 23.4 Å². The third-order valence-corrected chi connectivity index (χ3v) is 5.20. The van der Waals surface area contributed by atoms with Gasteiger partial charge in [-0.25, -0.2) is 0 Å². The van der Waals surface area contributed by atoms with Gasteiger partial charge in [0.05, 0.1) is 11.4 Å². The molecule has 1 amide bonds. The monoisotopic (exact) mass is 473 g/mol. The van der Waals surface area contributed by atoms with Crippen LogP contribution in [0.1, 0.15) is 6.92 Å². The van der Waals surface area contributed by atoms with Crippen LogP contribution in [0.25, 0.3) is 0 Å². The average molecular weight is 476 g/mol. The maximum atomic E-state index is 11.8. The SMILES string of the molecule is CC(CO)CSCC(=O)Nc1c(Br)cc(Br)cc1Br. The molecule has 1 aromatic carbocycles. The molecule has 0 bridgehead atoms. The Morgan fingerprint density at radius 1 is 1.37 bits per heavy atom. The van der Waals surface area contributed by atoms with Gasteiger partial charge in [-0.05, 0) is 55.7 Å². The first-order valence-corrected chi connectivity index (χ1v) is 9.10. The molecule has 1 rings (SSSR count). The second-order valence-corrected chi connectivity index (χ2v) is 7.75. The summed E-state index contributed by atoms with van der Waals surface area (Å²) in [6.45, 7) is 2.10. The van der Waals surface area contributed by atoms with Gasteiger partial charge in [-0.15, -0.1) is 0 Å². The number of carbonyl (C=O) groups is 1. The first-order chi connectivity index (χ1) is 8.93. The molecule has 0 aromatic heterocycles. The van der Waals surface area contributed by atoms with Gasteiger partial charge in [-0.2, -0.15) is 11.8 Å². The van der Waals surface area contributed by atoms with E-state index in [9.17, 15) is 4.79 Å². The summed E-state index contributed by atoms with van der Waals surface area (Å²) in [6, 6.07) is 3.75. The summed E-state index contributed by atoms with van der Waals surface area (Å²) < 4.78 is 2.56. The van der Waals surface area contributed by atoms with Crippen molar-refractivity contribution in [3.63, 3.8) is 0 Å². The summed E-state index contributed by atoms with van der Waals surface area (Å²) in [6.07, 6.45) is 0. The summed E-state index contributed by atoms with van der Waals surface area (Å²) in [5, 5.41) is 11.8. The van der Waals surface area contributed by atoms with E-state index in [-0.39, 0.29) is 18.4 Å². The van der Waals surface area contributed by atoms with E-state index in [2.05, 4.69) is 53.1 Å². The molecule has 0 spiro atoms. The molecule has 3 nitrogen and oxygen atoms in total. The highest BCUT2D eigenvalue weighted by Gasteiger charge is 2.11. The lowest BCUT2D eigenvalue weighted by Gasteiger charge is -2.11. The predicted octanol–water partition coefficient (Wildman–Crippen LogP) is 4.27. The standard InChI is InChI=1S/C12H14Br3NO2S/c1-7(4-17)5-19-6-11(18)16-12-9(14)2-8(13)3-10(12)15/h2-3,7,17H,4-6H2,1H3,(H,16,18). The van der Waals surface area contributed by atoms with E-state index in [1.807, 2.05) is 19.1 Å². The van der Waals surface area contributed by atoms with Crippen molar-refractivity contribution in [1.82, 2.24) is 0 Å². The van der Waals surface area contributed by atoms with E-state index in [0.29, 0.717) is 5.75 Å². The first-order valence-electron chi connectivity index (χ1n) is 5.57. The zero-order chi connectivity index (χ0) is 14.4. The van der Waals surface area contributed by atoms with E-state index in [0.717, 1.165) is 24.9 Å². The van der Waals surface area contributed by atoms with Crippen LogP contribution in [-0.4, -0.2) is 29.1 Å². The lowest BCUT2D eigenvalue weighted by atomic mass is 10.2. The van der Waals surface area contributed by atoms with E-state index < -0.39 is 0 Å². The van der Waals surface area contributed by atoms with E-state index in [1.165, 1.54) is 11.8 Å². The quantitative estimate of drug-likeness (QED) is 0.645. The van der Waals surface area contributed by atoms with Gasteiger partial charge in [0, 0.05) is 20.0 Å². The second-order valence-electron chi connectivity index (χ2n) is 4.10. The molecule has 1 atom stereocenters. The number of anilines is 1. The Morgan fingerprint density at radius 3 is 2.47 bits per heavy atom. The van der Waals surface area contributed by atoms with Crippen molar-refractivity contribution in [1.29, 1.82) is 0 Å². The van der Waals surface area contributed by atoms with Gasteiger partial charge in [0.1, 0.15) is 0 Å². The van der Waals surface area contributed by atoms with Gasteiger partial charge in [0.2, 0.25) is 5.91 Å². The minimum atomic E-state index is -0.0566. The number of benzene rings is 1. The van der Waals surface area contributed by atoms with Gasteiger partial charge in [0.25, 0.3) is 0 Å². The molecule has 2 N–H and O–H groups in total. The maximum absolute atomic E-state index is 11.8. The molecule has 1 unspecified atom stereocenters. The van der Waals surface area contributed by atoms with Gasteiger partial charge < -0.3 is 10.4 Å². The number of hydrogen-bond donors (Lipinski definition) is 2. The fourth-order valence-corrected chi connectivity index (χ4v) is 4.58. The highest BCUT2D eigenvalue weighted by Crippen LogP contribution is 2.34. The van der Waals surface area contributed by atoms with Crippen molar-refractivity contribution in [3.05, 3.63) is 25.6 Å². The van der Waals surface area contributed by atoms with Crippen LogP contribution < -0.4 is 5.32 Å². The number of amides is 1. The maximum Gasteiger partial charge on any atom is 0.234 e. The third-order valence-electron chi connectivity index (χ3n) is 2.22. The second kappa shape index (κ2) is 8.67. The molecule has 0 saturated carbocycles. The van der Waals surface area contributed by atoms with Crippen LogP contribution in [0.3, 0.4) is 0 Å². The van der Waals surface area contributed by atoms with E-state index >= 15 is 0 Å². The van der Waals surface area contributed by atoms with Crippen molar-refractivity contribution in [3.8, 4) is 0 Å². The van der Waals surface area contributed by atoms with Gasteiger partial charge in [-0.1, -0.05) is 22.9 Å². The van der Waals surface area contributed by atoms with E-state index in [1.54, 1.807) is 0 Å². The number of thioether (sulfide) groups is 1. The average Bonchev–Trinajstić information content (AvgIpc) is 2.33. The molecule has 19 heavy (non-hydrogen) atoms. The molecule has 0 aliphatic carbocycles. The highest BCUT2D eigenvalue weighted by molar-refractivity contribution is 9.11. The normalized spacial score (nSPS) is 12.3. The Hall–Kier alpha value is 0.440. The Kier molecular flexibility index (Phi) is 7.98. The molecule has 0 aliphatic heterocycles. The molecular weight excluding hydrogens is 462 g/mol. The van der Waals surface area contributed by atoms with Gasteiger partial charge in [-0.3, -0.25) is 4.79 Å². The van der Waals surface area contributed by atoms with Crippen molar-refractivity contribution < 1.29 is 9.90 Å². The van der Waals surface area contributed by atoms with Gasteiger partial charge >= 0.3 is 0 Å². The fraction of sp³-hybridized carbons (Fsp3) is 0.417. The Balaban J connectivity index is 2.53. The molecule has 0 heterocycles. The van der Waals surface area contributed by atoms with Crippen LogP contribution in [0.2, 0.25) is 0 Å². The van der Waals surface area contributed by atoms with Crippen LogP contribution >= 0.6 is 59.6 Å². The minimum absolute atomic E-state index is 0.0566. The highest BCUT2D eigenvalue weighted by atomic mass is 79.9. The number of carbonyl (C=O) groups excluding carboxylic acids is 1. The zero-order valence-electron chi connectivity index (χ0n) is 10.3. The minimum Gasteiger partial charge on any atom is -0.396 e. The van der Waals surface area contributed by atoms with Crippen LogP contribution in [0.15, 0.2) is 25.6 Å². The largest absolute Gasteiger partial charge is 0.396 e. The molecule has 0 radical (unpaired) electrons. The third kappa shape index (κ3) is 6.16. The molecule has 0 aliphatic rings. The van der Waals surface area contributed by atoms with Crippen LogP contribution in [0, 0.1) is 5.92 Å². The van der Waals surface area contributed by atoms with Crippen molar-refractivity contribution in [2.45, 2.75) is 6.92 Å². The van der Waals surface area contributed by atoms with Crippen LogP contribution in [0.4, 0.5) is 5.69 Å². The molecule has 0 fully saturated rings. The summed E-state index contributed by atoms with van der Waals surface area (Å²) in [4.78, 5) is 11.8. The lowest BCUT2D eigenvalue weighted by Crippen LogP contribution is -2.16. The van der Waals surface area contributed by atoms with Crippen molar-refractivity contribution >= 4 is 71.1 Å². The van der Waals surface area contributed by atoms with Crippen molar-refractivity contribution in [2.24, 2.45) is 5.92 Å². The van der Waals surface area contributed by atoms with Crippen LogP contribution in [-0.2, 0) is 4.79 Å². The Bertz CT molecular complexity index is 434. The predicted molar refractivity (Wildman–Crippen MR) is 91.7 cm³/mol. The summed E-state index contributed by atoms with van der Waals surface area (Å²) in [7, 11) is 0. The first kappa shape index (κ1) is 17.5.